The first-order chi connectivity index (χ1) is 11.4. The zero-order valence-corrected chi connectivity index (χ0v) is 14.8. The van der Waals surface area contributed by atoms with Gasteiger partial charge in [-0.1, -0.05) is 6.92 Å². The SMILES string of the molecule is CCN1CCC[C@@]12CCN(c1ccc([N+](=O)[O-])c(OC(C)C)c1)C2. The molecule has 132 valence electrons. The Morgan fingerprint density at radius 3 is 2.79 bits per heavy atom. The van der Waals surface area contributed by atoms with Crippen molar-refractivity contribution in [2.45, 2.75) is 51.7 Å². The standard InChI is InChI=1S/C18H27N3O3/c1-4-20-10-5-8-18(20)9-11-19(13-18)15-6-7-16(21(22)23)17(12-15)24-14(2)3/h6-7,12,14H,4-5,8-11,13H2,1-3H3/t18-/m0/s1. The van der Waals surface area contributed by atoms with Crippen molar-refractivity contribution < 1.29 is 9.66 Å². The lowest BCUT2D eigenvalue weighted by molar-refractivity contribution is -0.386. The molecule has 1 aromatic carbocycles. The fraction of sp³-hybridized carbons (Fsp3) is 0.667. The van der Waals surface area contributed by atoms with Gasteiger partial charge in [-0.3, -0.25) is 15.0 Å². The van der Waals surface area contributed by atoms with Crippen LogP contribution in [-0.2, 0) is 0 Å². The summed E-state index contributed by atoms with van der Waals surface area (Å²) in [7, 11) is 0. The van der Waals surface area contributed by atoms with Crippen LogP contribution in [0.4, 0.5) is 11.4 Å². The number of nitrogens with zero attached hydrogens (tertiary/aromatic N) is 3. The topological polar surface area (TPSA) is 58.9 Å². The monoisotopic (exact) mass is 333 g/mol. The lowest BCUT2D eigenvalue weighted by Gasteiger charge is -2.34. The van der Waals surface area contributed by atoms with Crippen LogP contribution in [0.5, 0.6) is 5.75 Å². The molecule has 0 amide bonds. The maximum atomic E-state index is 11.2. The van der Waals surface area contributed by atoms with E-state index in [-0.39, 0.29) is 22.3 Å². The van der Waals surface area contributed by atoms with Gasteiger partial charge in [-0.25, -0.2) is 0 Å². The highest BCUT2D eigenvalue weighted by Crippen LogP contribution is 2.40. The number of hydrogen-bond donors (Lipinski definition) is 0. The summed E-state index contributed by atoms with van der Waals surface area (Å²) in [5.74, 6) is 0.368. The van der Waals surface area contributed by atoms with E-state index in [4.69, 9.17) is 4.74 Å². The number of ether oxygens (including phenoxy) is 1. The van der Waals surface area contributed by atoms with E-state index >= 15 is 0 Å². The summed E-state index contributed by atoms with van der Waals surface area (Å²) in [6.45, 7) is 10.3. The van der Waals surface area contributed by atoms with Crippen LogP contribution in [0.2, 0.25) is 0 Å². The average molecular weight is 333 g/mol. The van der Waals surface area contributed by atoms with Crippen LogP contribution in [0, 0.1) is 10.1 Å². The van der Waals surface area contributed by atoms with E-state index in [1.54, 1.807) is 6.07 Å². The zero-order chi connectivity index (χ0) is 17.3. The lowest BCUT2D eigenvalue weighted by atomic mass is 9.95. The molecule has 2 fully saturated rings. The molecule has 0 bridgehead atoms. The Labute approximate surface area is 143 Å². The Bertz CT molecular complexity index is 620. The molecule has 2 aliphatic rings. The molecule has 6 nitrogen and oxygen atoms in total. The largest absolute Gasteiger partial charge is 0.484 e. The van der Waals surface area contributed by atoms with E-state index in [1.807, 2.05) is 26.0 Å². The first-order valence-electron chi connectivity index (χ1n) is 8.90. The highest BCUT2D eigenvalue weighted by atomic mass is 16.6. The molecule has 0 aromatic heterocycles. The first-order valence-corrected chi connectivity index (χ1v) is 8.90. The van der Waals surface area contributed by atoms with Crippen LogP contribution in [0.25, 0.3) is 0 Å². The van der Waals surface area contributed by atoms with Gasteiger partial charge in [-0.2, -0.15) is 0 Å². The lowest BCUT2D eigenvalue weighted by Crippen LogP contribution is -2.45. The molecule has 1 spiro atoms. The number of anilines is 1. The van der Waals surface area contributed by atoms with Gasteiger partial charge in [-0.15, -0.1) is 0 Å². The molecule has 2 aliphatic heterocycles. The van der Waals surface area contributed by atoms with E-state index in [0.29, 0.717) is 5.75 Å². The number of nitro groups is 1. The molecule has 1 aromatic rings. The molecule has 0 aliphatic carbocycles. The van der Waals surface area contributed by atoms with E-state index in [2.05, 4.69) is 16.7 Å². The molecule has 0 N–H and O–H groups in total. The molecular formula is C18H27N3O3. The molecule has 2 heterocycles. The predicted octanol–water partition coefficient (Wildman–Crippen LogP) is 3.45. The molecule has 2 saturated heterocycles. The van der Waals surface area contributed by atoms with Crippen molar-refractivity contribution in [2.75, 3.05) is 31.1 Å². The van der Waals surface area contributed by atoms with Crippen LogP contribution < -0.4 is 9.64 Å². The Hall–Kier alpha value is -1.82. The molecular weight excluding hydrogens is 306 g/mol. The number of rotatable bonds is 5. The first kappa shape index (κ1) is 17.0. The quantitative estimate of drug-likeness (QED) is 0.610. The fourth-order valence-electron chi connectivity index (χ4n) is 4.23. The second kappa shape index (κ2) is 6.59. The fourth-order valence-corrected chi connectivity index (χ4v) is 4.23. The van der Waals surface area contributed by atoms with E-state index in [0.717, 1.165) is 31.7 Å². The van der Waals surface area contributed by atoms with Crippen LogP contribution in [0.3, 0.4) is 0 Å². The summed E-state index contributed by atoms with van der Waals surface area (Å²) >= 11 is 0. The molecule has 1 atom stereocenters. The van der Waals surface area contributed by atoms with E-state index < -0.39 is 0 Å². The van der Waals surface area contributed by atoms with Crippen molar-refractivity contribution in [3.8, 4) is 5.75 Å². The van der Waals surface area contributed by atoms with E-state index in [9.17, 15) is 10.1 Å². The molecule has 6 heteroatoms. The molecule has 0 unspecified atom stereocenters. The third kappa shape index (κ3) is 3.07. The molecule has 0 radical (unpaired) electrons. The highest BCUT2D eigenvalue weighted by molar-refractivity contribution is 5.60. The average Bonchev–Trinajstić information content (AvgIpc) is 3.13. The minimum Gasteiger partial charge on any atom is -0.484 e. The molecule has 0 saturated carbocycles. The minimum atomic E-state index is -0.372. The second-order valence-electron chi connectivity index (χ2n) is 7.15. The number of nitro benzene ring substituents is 1. The zero-order valence-electron chi connectivity index (χ0n) is 14.8. The highest BCUT2D eigenvalue weighted by Gasteiger charge is 2.45. The van der Waals surface area contributed by atoms with Crippen LogP contribution in [-0.4, -0.2) is 47.6 Å². The van der Waals surface area contributed by atoms with Crippen molar-refractivity contribution >= 4 is 11.4 Å². The van der Waals surface area contributed by atoms with Gasteiger partial charge in [-0.05, 0) is 52.3 Å². The predicted molar refractivity (Wildman–Crippen MR) is 94.9 cm³/mol. The Kier molecular flexibility index (Phi) is 4.67. The Morgan fingerprint density at radius 1 is 1.33 bits per heavy atom. The van der Waals surface area contributed by atoms with Gasteiger partial charge in [0, 0.05) is 36.4 Å². The second-order valence-corrected chi connectivity index (χ2v) is 7.15. The van der Waals surface area contributed by atoms with Gasteiger partial charge in [0.15, 0.2) is 5.75 Å². The van der Waals surface area contributed by atoms with Crippen LogP contribution >= 0.6 is 0 Å². The summed E-state index contributed by atoms with van der Waals surface area (Å²) in [4.78, 5) is 15.8. The van der Waals surface area contributed by atoms with Crippen LogP contribution in [0.1, 0.15) is 40.0 Å². The normalized spacial score (nSPS) is 24.2. The number of hydrogen-bond acceptors (Lipinski definition) is 5. The summed E-state index contributed by atoms with van der Waals surface area (Å²) in [6, 6.07) is 5.27. The number of likely N-dealkylation sites (N-methyl/N-ethyl adjacent to an activating group) is 1. The third-order valence-electron chi connectivity index (χ3n) is 5.32. The Morgan fingerprint density at radius 2 is 2.12 bits per heavy atom. The Balaban J connectivity index is 1.84. The number of likely N-dealkylation sites (tertiary alicyclic amines) is 1. The molecule has 3 rings (SSSR count). The third-order valence-corrected chi connectivity index (χ3v) is 5.32. The number of benzene rings is 1. The molecule has 24 heavy (non-hydrogen) atoms. The van der Waals surface area contributed by atoms with Crippen molar-refractivity contribution in [1.82, 2.24) is 4.90 Å². The summed E-state index contributed by atoms with van der Waals surface area (Å²) < 4.78 is 5.69. The smallest absolute Gasteiger partial charge is 0.311 e. The summed E-state index contributed by atoms with van der Waals surface area (Å²) in [5.41, 5.74) is 1.35. The van der Waals surface area contributed by atoms with Gasteiger partial charge in [0.1, 0.15) is 0 Å². The van der Waals surface area contributed by atoms with Gasteiger partial charge in [0.25, 0.3) is 0 Å². The van der Waals surface area contributed by atoms with Gasteiger partial charge >= 0.3 is 5.69 Å². The van der Waals surface area contributed by atoms with Crippen LogP contribution in [0.15, 0.2) is 18.2 Å². The maximum absolute atomic E-state index is 11.2. The van der Waals surface area contributed by atoms with Crippen molar-refractivity contribution in [3.05, 3.63) is 28.3 Å². The van der Waals surface area contributed by atoms with Crippen molar-refractivity contribution in [2.24, 2.45) is 0 Å². The van der Waals surface area contributed by atoms with Crippen molar-refractivity contribution in [3.63, 3.8) is 0 Å². The minimum absolute atomic E-state index is 0.0393. The van der Waals surface area contributed by atoms with Gasteiger partial charge in [0.2, 0.25) is 0 Å². The van der Waals surface area contributed by atoms with Crippen molar-refractivity contribution in [1.29, 1.82) is 0 Å². The van der Waals surface area contributed by atoms with E-state index in [1.165, 1.54) is 19.4 Å². The van der Waals surface area contributed by atoms with Gasteiger partial charge in [0.05, 0.1) is 11.0 Å². The maximum Gasteiger partial charge on any atom is 0.311 e. The summed E-state index contributed by atoms with van der Waals surface area (Å²) in [5, 5.41) is 11.2. The van der Waals surface area contributed by atoms with Gasteiger partial charge < -0.3 is 9.64 Å². The summed E-state index contributed by atoms with van der Waals surface area (Å²) in [6.07, 6.45) is 3.59.